The van der Waals surface area contributed by atoms with Crippen molar-refractivity contribution >= 4 is 5.91 Å². The lowest BCUT2D eigenvalue weighted by Crippen LogP contribution is -3.00. The Labute approximate surface area is 222 Å². The van der Waals surface area contributed by atoms with Gasteiger partial charge in [0.25, 0.3) is 5.91 Å². The highest BCUT2D eigenvalue weighted by Gasteiger charge is 2.42. The molecule has 0 aromatic heterocycles. The van der Waals surface area contributed by atoms with Crippen LogP contribution >= 0.6 is 0 Å². The number of aliphatic hydroxyl groups is 1. The van der Waals surface area contributed by atoms with Gasteiger partial charge in [0.15, 0.2) is 5.60 Å². The molecule has 0 atom stereocenters. The van der Waals surface area contributed by atoms with Gasteiger partial charge >= 0.3 is 0 Å². The number of piperidine rings is 1. The van der Waals surface area contributed by atoms with Crippen LogP contribution in [0, 0.1) is 5.92 Å². The first-order chi connectivity index (χ1) is 16.0. The lowest BCUT2D eigenvalue weighted by molar-refractivity contribution is -0.917. The molecule has 5 heteroatoms. The monoisotopic (exact) mass is 576 g/mol. The number of benzene rings is 2. The van der Waals surface area contributed by atoms with Gasteiger partial charge in [-0.1, -0.05) is 92.8 Å². The minimum absolute atomic E-state index is 0. The third kappa shape index (κ3) is 6.61. The highest BCUT2D eigenvalue weighted by Crippen LogP contribution is 2.31. The molecule has 4 rings (SSSR count). The van der Waals surface area contributed by atoms with Crippen LogP contribution in [-0.2, 0) is 10.4 Å². The molecule has 4 nitrogen and oxygen atoms in total. The second kappa shape index (κ2) is 12.5. The molecule has 2 N–H and O–H groups in total. The van der Waals surface area contributed by atoms with E-state index < -0.39 is 5.60 Å². The lowest BCUT2D eigenvalue weighted by atomic mass is 9.85. The van der Waals surface area contributed by atoms with Crippen molar-refractivity contribution in [2.45, 2.75) is 69.4 Å². The number of carbonyl (C=O) groups excluding carboxylic acids is 1. The fourth-order valence-electron chi connectivity index (χ4n) is 5.94. The predicted molar refractivity (Wildman–Crippen MR) is 134 cm³/mol. The van der Waals surface area contributed by atoms with Crippen LogP contribution in [0.3, 0.4) is 0 Å². The molecular formula is C29H41IN2O2. The summed E-state index contributed by atoms with van der Waals surface area (Å²) in [5, 5.41) is 14.9. The maximum absolute atomic E-state index is 13.5. The molecular weight excluding hydrogens is 535 g/mol. The van der Waals surface area contributed by atoms with Crippen LogP contribution in [-0.4, -0.2) is 48.2 Å². The van der Waals surface area contributed by atoms with Crippen LogP contribution < -0.4 is 29.3 Å². The summed E-state index contributed by atoms with van der Waals surface area (Å²) >= 11 is 0. The largest absolute Gasteiger partial charge is 1.00 e. The zero-order valence-corrected chi connectivity index (χ0v) is 22.8. The third-order valence-electron chi connectivity index (χ3n) is 8.01. The zero-order valence-electron chi connectivity index (χ0n) is 20.6. The molecule has 2 aromatic rings. The highest BCUT2D eigenvalue weighted by molar-refractivity contribution is 5.90. The first-order valence-corrected chi connectivity index (χ1v) is 13.0. The van der Waals surface area contributed by atoms with E-state index in [-0.39, 0.29) is 35.9 Å². The minimum Gasteiger partial charge on any atom is -1.00 e. The van der Waals surface area contributed by atoms with Gasteiger partial charge in [0, 0.05) is 24.8 Å². The Bertz CT molecular complexity index is 834. The Balaban J connectivity index is 0.00000324. The van der Waals surface area contributed by atoms with Crippen LogP contribution in [0.2, 0.25) is 0 Å². The van der Waals surface area contributed by atoms with Gasteiger partial charge in [-0.25, -0.2) is 0 Å². The molecule has 2 aromatic carbocycles. The minimum atomic E-state index is -1.68. The molecule has 0 radical (unpaired) electrons. The topological polar surface area (TPSA) is 49.3 Å². The number of amides is 1. The third-order valence-corrected chi connectivity index (χ3v) is 8.01. The van der Waals surface area contributed by atoms with Crippen molar-refractivity contribution in [3.8, 4) is 0 Å². The lowest BCUT2D eigenvalue weighted by Gasteiger charge is -2.43. The normalized spacial score (nSPS) is 24.4. The Kier molecular flexibility index (Phi) is 9.98. The second-order valence-corrected chi connectivity index (χ2v) is 10.7. The van der Waals surface area contributed by atoms with Crippen LogP contribution in [0.25, 0.3) is 0 Å². The van der Waals surface area contributed by atoms with E-state index in [0.717, 1.165) is 36.3 Å². The van der Waals surface area contributed by atoms with Crippen molar-refractivity contribution < 1.29 is 38.4 Å². The zero-order chi connectivity index (χ0) is 23.2. The summed E-state index contributed by atoms with van der Waals surface area (Å²) < 4.78 is 1.12. The Hall–Kier alpha value is -1.44. The van der Waals surface area contributed by atoms with Gasteiger partial charge in [-0.15, -0.1) is 0 Å². The molecule has 0 unspecified atom stereocenters. The molecule has 186 valence electrons. The van der Waals surface area contributed by atoms with E-state index in [9.17, 15) is 9.90 Å². The molecule has 34 heavy (non-hydrogen) atoms. The summed E-state index contributed by atoms with van der Waals surface area (Å²) in [7, 11) is 2.40. The van der Waals surface area contributed by atoms with E-state index in [1.54, 1.807) is 0 Å². The van der Waals surface area contributed by atoms with E-state index in [1.807, 2.05) is 60.7 Å². The number of likely N-dealkylation sites (tertiary alicyclic amines) is 1. The molecule has 1 amide bonds. The van der Waals surface area contributed by atoms with E-state index in [1.165, 1.54) is 51.5 Å². The maximum Gasteiger partial charge on any atom is 0.261 e. The first kappa shape index (κ1) is 27.2. The van der Waals surface area contributed by atoms with Gasteiger partial charge in [-0.2, -0.15) is 0 Å². The van der Waals surface area contributed by atoms with E-state index in [4.69, 9.17) is 0 Å². The summed E-state index contributed by atoms with van der Waals surface area (Å²) in [6, 6.07) is 18.7. The summed E-state index contributed by atoms with van der Waals surface area (Å²) in [5.41, 5.74) is -0.472. The van der Waals surface area contributed by atoms with E-state index in [0.29, 0.717) is 11.1 Å². The van der Waals surface area contributed by atoms with Gasteiger partial charge in [0.2, 0.25) is 0 Å². The smallest absolute Gasteiger partial charge is 0.261 e. The van der Waals surface area contributed by atoms with Crippen LogP contribution in [0.15, 0.2) is 60.7 Å². The standard InChI is InChI=1S/C29H40N2O2.HI/c1-31(23-24-13-7-3-2-4-8-14-24)21-19-27(20-22-31)30-28(32)29(33,25-15-9-5-10-16-25)26-17-11-6-12-18-26;/h5-6,9-12,15-18,24,27,33H,2-4,7-8,13-14,19-23H2,1H3;1H. The van der Waals surface area contributed by atoms with Gasteiger partial charge in [-0.05, 0) is 24.0 Å². The van der Waals surface area contributed by atoms with Crippen LogP contribution in [0.1, 0.15) is 68.9 Å². The number of hydrogen-bond donors (Lipinski definition) is 2. The summed E-state index contributed by atoms with van der Waals surface area (Å²) in [6.45, 7) is 3.46. The van der Waals surface area contributed by atoms with Crippen molar-refractivity contribution in [2.75, 3.05) is 26.7 Å². The average molecular weight is 577 g/mol. The number of nitrogens with zero attached hydrogens (tertiary/aromatic N) is 1. The molecule has 0 bridgehead atoms. The maximum atomic E-state index is 13.5. The van der Waals surface area contributed by atoms with Gasteiger partial charge in [-0.3, -0.25) is 4.79 Å². The highest BCUT2D eigenvalue weighted by atomic mass is 127. The van der Waals surface area contributed by atoms with Crippen LogP contribution in [0.4, 0.5) is 0 Å². The van der Waals surface area contributed by atoms with Crippen molar-refractivity contribution in [3.63, 3.8) is 0 Å². The number of rotatable bonds is 6. The van der Waals surface area contributed by atoms with Crippen molar-refractivity contribution in [1.29, 1.82) is 0 Å². The summed E-state index contributed by atoms with van der Waals surface area (Å²) in [5.74, 6) is 0.531. The molecule has 0 spiro atoms. The number of nitrogens with one attached hydrogen (secondary N) is 1. The molecule has 1 saturated carbocycles. The Morgan fingerprint density at radius 2 is 1.32 bits per heavy atom. The van der Waals surface area contributed by atoms with Crippen LogP contribution in [0.5, 0.6) is 0 Å². The van der Waals surface area contributed by atoms with E-state index >= 15 is 0 Å². The fraction of sp³-hybridized carbons (Fsp3) is 0.552. The molecule has 1 aliphatic carbocycles. The SMILES string of the molecule is C[N+]1(CC2CCCCCCC2)CCC(NC(=O)C(O)(c2ccccc2)c2ccccc2)CC1.[I-]. The molecule has 2 aliphatic rings. The number of halogens is 1. The molecule has 2 fully saturated rings. The fourth-order valence-corrected chi connectivity index (χ4v) is 5.94. The number of hydrogen-bond acceptors (Lipinski definition) is 2. The van der Waals surface area contributed by atoms with Crippen molar-refractivity contribution in [3.05, 3.63) is 71.8 Å². The van der Waals surface area contributed by atoms with Crippen molar-refractivity contribution in [1.82, 2.24) is 5.32 Å². The summed E-state index contributed by atoms with van der Waals surface area (Å²) in [4.78, 5) is 13.5. The first-order valence-electron chi connectivity index (χ1n) is 13.0. The second-order valence-electron chi connectivity index (χ2n) is 10.7. The molecule has 1 saturated heterocycles. The summed E-state index contributed by atoms with van der Waals surface area (Å²) in [6.07, 6.45) is 11.7. The Morgan fingerprint density at radius 3 is 1.82 bits per heavy atom. The van der Waals surface area contributed by atoms with E-state index in [2.05, 4.69) is 12.4 Å². The molecule has 1 aliphatic heterocycles. The van der Waals surface area contributed by atoms with Crippen molar-refractivity contribution in [2.24, 2.45) is 5.92 Å². The number of carbonyl (C=O) groups is 1. The van der Waals surface area contributed by atoms with Gasteiger partial charge in [0.05, 0.1) is 26.7 Å². The molecule has 1 heterocycles. The van der Waals surface area contributed by atoms with Gasteiger partial charge < -0.3 is 38.9 Å². The van der Waals surface area contributed by atoms with Gasteiger partial charge in [0.1, 0.15) is 0 Å². The number of quaternary nitrogens is 1. The predicted octanol–water partition coefficient (Wildman–Crippen LogP) is 2.01. The average Bonchev–Trinajstić information content (AvgIpc) is 2.83. The Morgan fingerprint density at radius 1 is 0.853 bits per heavy atom. The quantitative estimate of drug-likeness (QED) is 0.409.